The van der Waals surface area contributed by atoms with Crippen LogP contribution < -0.4 is 5.32 Å². The number of rotatable bonds is 4. The normalized spacial score (nSPS) is 19.1. The summed E-state index contributed by atoms with van der Waals surface area (Å²) in [5.41, 5.74) is 0. The van der Waals surface area contributed by atoms with E-state index in [-0.39, 0.29) is 0 Å². The Morgan fingerprint density at radius 1 is 1.50 bits per heavy atom. The first-order chi connectivity index (χ1) is 9.61. The first-order valence-corrected chi connectivity index (χ1v) is 8.09. The summed E-state index contributed by atoms with van der Waals surface area (Å²) in [4.78, 5) is 11.0. The van der Waals surface area contributed by atoms with Gasteiger partial charge in [0.2, 0.25) is 0 Å². The molecule has 0 bridgehead atoms. The van der Waals surface area contributed by atoms with Gasteiger partial charge in [-0.05, 0) is 20.8 Å². The lowest BCUT2D eigenvalue weighted by Crippen LogP contribution is -2.51. The van der Waals surface area contributed by atoms with E-state index < -0.39 is 0 Å². The molecule has 0 amide bonds. The van der Waals surface area contributed by atoms with Gasteiger partial charge in [-0.3, -0.25) is 9.67 Å². The maximum Gasteiger partial charge on any atom is 0.194 e. The van der Waals surface area contributed by atoms with Crippen LogP contribution in [0.4, 0.5) is 0 Å². The van der Waals surface area contributed by atoms with Gasteiger partial charge in [0.15, 0.2) is 5.96 Å². The van der Waals surface area contributed by atoms with Gasteiger partial charge in [0.25, 0.3) is 0 Å². The van der Waals surface area contributed by atoms with Crippen molar-refractivity contribution >= 4 is 17.7 Å². The molecule has 1 fully saturated rings. The zero-order valence-electron chi connectivity index (χ0n) is 12.5. The first kappa shape index (κ1) is 15.2. The van der Waals surface area contributed by atoms with Crippen molar-refractivity contribution < 1.29 is 0 Å². The third-order valence-corrected chi connectivity index (χ3v) is 4.41. The van der Waals surface area contributed by atoms with Crippen LogP contribution in [0.5, 0.6) is 0 Å². The van der Waals surface area contributed by atoms with E-state index in [9.17, 15) is 0 Å². The number of guanidine groups is 1. The van der Waals surface area contributed by atoms with Crippen molar-refractivity contribution in [1.82, 2.24) is 25.0 Å². The van der Waals surface area contributed by atoms with E-state index in [0.29, 0.717) is 4.75 Å². The molecule has 0 aliphatic carbocycles. The van der Waals surface area contributed by atoms with Crippen molar-refractivity contribution in [3.63, 3.8) is 0 Å². The van der Waals surface area contributed by atoms with E-state index in [4.69, 9.17) is 4.99 Å². The molecule has 2 rings (SSSR count). The van der Waals surface area contributed by atoms with E-state index in [1.807, 2.05) is 16.4 Å². The maximum atomic E-state index is 4.71. The van der Waals surface area contributed by atoms with Crippen LogP contribution >= 0.6 is 11.8 Å². The molecule has 0 atom stereocenters. The SMILES string of the molecule is CCNC(=NCCn1cncn1)N1CCSC(C)(C)C1. The molecule has 0 aromatic carbocycles. The molecule has 0 unspecified atom stereocenters. The first-order valence-electron chi connectivity index (χ1n) is 7.10. The van der Waals surface area contributed by atoms with Crippen LogP contribution in [0.1, 0.15) is 20.8 Å². The average Bonchev–Trinajstić information content (AvgIpc) is 2.90. The summed E-state index contributed by atoms with van der Waals surface area (Å²) in [6.07, 6.45) is 3.28. The van der Waals surface area contributed by atoms with Crippen LogP contribution in [-0.4, -0.2) is 62.3 Å². The molecular formula is C13H24N6S. The Morgan fingerprint density at radius 2 is 2.35 bits per heavy atom. The van der Waals surface area contributed by atoms with Crippen LogP contribution in [-0.2, 0) is 6.54 Å². The fraction of sp³-hybridized carbons (Fsp3) is 0.769. The van der Waals surface area contributed by atoms with E-state index in [1.54, 1.807) is 12.7 Å². The van der Waals surface area contributed by atoms with Crippen molar-refractivity contribution in [3.8, 4) is 0 Å². The monoisotopic (exact) mass is 296 g/mol. The van der Waals surface area contributed by atoms with Crippen molar-refractivity contribution in [3.05, 3.63) is 12.7 Å². The molecule has 20 heavy (non-hydrogen) atoms. The molecule has 1 aliphatic heterocycles. The second-order valence-electron chi connectivity index (χ2n) is 5.42. The number of aliphatic imine (C=N–C) groups is 1. The highest BCUT2D eigenvalue weighted by molar-refractivity contribution is 8.00. The topological polar surface area (TPSA) is 58.3 Å². The summed E-state index contributed by atoms with van der Waals surface area (Å²) in [6.45, 7) is 11.2. The zero-order chi connectivity index (χ0) is 14.4. The summed E-state index contributed by atoms with van der Waals surface area (Å²) in [6, 6.07) is 0. The molecule has 0 spiro atoms. The minimum Gasteiger partial charge on any atom is -0.357 e. The second kappa shape index (κ2) is 6.97. The number of thioether (sulfide) groups is 1. The van der Waals surface area contributed by atoms with E-state index >= 15 is 0 Å². The highest BCUT2D eigenvalue weighted by Gasteiger charge is 2.28. The third kappa shape index (κ3) is 4.40. The van der Waals surface area contributed by atoms with Gasteiger partial charge in [0.05, 0.1) is 13.1 Å². The van der Waals surface area contributed by atoms with Gasteiger partial charge in [-0.1, -0.05) is 0 Å². The molecule has 0 saturated carbocycles. The Morgan fingerprint density at radius 3 is 3.00 bits per heavy atom. The van der Waals surface area contributed by atoms with Gasteiger partial charge in [0.1, 0.15) is 12.7 Å². The molecule has 1 aliphatic rings. The summed E-state index contributed by atoms with van der Waals surface area (Å²) in [5.74, 6) is 2.17. The van der Waals surface area contributed by atoms with Gasteiger partial charge in [-0.2, -0.15) is 16.9 Å². The van der Waals surface area contributed by atoms with Crippen LogP contribution in [0.2, 0.25) is 0 Å². The summed E-state index contributed by atoms with van der Waals surface area (Å²) in [7, 11) is 0. The average molecular weight is 296 g/mol. The Labute approximate surface area is 125 Å². The third-order valence-electron chi connectivity index (χ3n) is 3.12. The molecule has 1 aromatic heterocycles. The largest absolute Gasteiger partial charge is 0.357 e. The number of aromatic nitrogens is 3. The van der Waals surface area contributed by atoms with Crippen LogP contribution in [0.15, 0.2) is 17.6 Å². The summed E-state index contributed by atoms with van der Waals surface area (Å²) < 4.78 is 2.10. The smallest absolute Gasteiger partial charge is 0.194 e. The van der Waals surface area contributed by atoms with Crippen molar-refractivity contribution in [2.75, 3.05) is 31.9 Å². The van der Waals surface area contributed by atoms with E-state index in [0.717, 1.165) is 44.4 Å². The summed E-state index contributed by atoms with van der Waals surface area (Å²) in [5, 5.41) is 7.49. The van der Waals surface area contributed by atoms with Gasteiger partial charge in [0, 0.05) is 30.1 Å². The molecule has 7 heteroatoms. The lowest BCUT2D eigenvalue weighted by Gasteiger charge is -2.39. The van der Waals surface area contributed by atoms with Gasteiger partial charge >= 0.3 is 0 Å². The van der Waals surface area contributed by atoms with E-state index in [2.05, 4.69) is 41.1 Å². The minimum absolute atomic E-state index is 0.292. The number of nitrogens with zero attached hydrogens (tertiary/aromatic N) is 5. The predicted octanol–water partition coefficient (Wildman–Crippen LogP) is 1.07. The Hall–Kier alpha value is -1.24. The molecule has 6 nitrogen and oxygen atoms in total. The fourth-order valence-electron chi connectivity index (χ4n) is 2.23. The standard InChI is InChI=1S/C13H24N6S/c1-4-15-12(16-5-6-19-11-14-10-17-19)18-7-8-20-13(2,3)9-18/h10-11H,4-9H2,1-3H3,(H,15,16). The van der Waals surface area contributed by atoms with Crippen LogP contribution in [0, 0.1) is 0 Å². The van der Waals surface area contributed by atoms with Gasteiger partial charge in [-0.25, -0.2) is 4.98 Å². The zero-order valence-corrected chi connectivity index (χ0v) is 13.4. The highest BCUT2D eigenvalue weighted by Crippen LogP contribution is 2.29. The molecule has 1 aromatic rings. The van der Waals surface area contributed by atoms with Gasteiger partial charge < -0.3 is 10.2 Å². The lowest BCUT2D eigenvalue weighted by molar-refractivity contribution is 0.375. The maximum absolute atomic E-state index is 4.71. The molecule has 1 saturated heterocycles. The molecule has 0 radical (unpaired) electrons. The fourth-order valence-corrected chi connectivity index (χ4v) is 3.34. The summed E-state index contributed by atoms with van der Waals surface area (Å²) >= 11 is 2.03. The molecule has 112 valence electrons. The Balaban J connectivity index is 1.94. The minimum atomic E-state index is 0.292. The molecule has 2 heterocycles. The van der Waals surface area contributed by atoms with E-state index in [1.165, 1.54) is 0 Å². The van der Waals surface area contributed by atoms with Crippen LogP contribution in [0.25, 0.3) is 0 Å². The quantitative estimate of drug-likeness (QED) is 0.665. The number of hydrogen-bond acceptors (Lipinski definition) is 4. The van der Waals surface area contributed by atoms with Crippen molar-refractivity contribution in [2.45, 2.75) is 32.1 Å². The van der Waals surface area contributed by atoms with Gasteiger partial charge in [-0.15, -0.1) is 0 Å². The predicted molar refractivity (Wildman–Crippen MR) is 84.1 cm³/mol. The molecular weight excluding hydrogens is 272 g/mol. The molecule has 1 N–H and O–H groups in total. The Bertz CT molecular complexity index is 428. The van der Waals surface area contributed by atoms with Crippen LogP contribution in [0.3, 0.4) is 0 Å². The highest BCUT2D eigenvalue weighted by atomic mass is 32.2. The number of nitrogens with one attached hydrogen (secondary N) is 1. The van der Waals surface area contributed by atoms with Crippen molar-refractivity contribution in [1.29, 1.82) is 0 Å². The Kier molecular flexibility index (Phi) is 5.28. The number of hydrogen-bond donors (Lipinski definition) is 1. The lowest BCUT2D eigenvalue weighted by atomic mass is 10.2. The van der Waals surface area contributed by atoms with Crippen molar-refractivity contribution in [2.24, 2.45) is 4.99 Å². The second-order valence-corrected chi connectivity index (χ2v) is 7.23.